The molecule has 0 bridgehead atoms. The van der Waals surface area contributed by atoms with Gasteiger partial charge in [0.05, 0.1) is 0 Å². The Labute approximate surface area is 121 Å². The zero-order valence-corrected chi connectivity index (χ0v) is 13.4. The maximum Gasteiger partial charge on any atom is 0.221 e. The molecule has 112 valence electrons. The van der Waals surface area contributed by atoms with Crippen LogP contribution in [0.15, 0.2) is 18.2 Å². The first-order chi connectivity index (χ1) is 8.92. The standard InChI is InChI=1S/C11H23NO.C6H4O/c1-10(2,3)7-8(9(12)13)11(4,5)6;7-6-3-4-1-2-5(4)6/h8H,7H2,1-6H3,(H2,12,13);1-3,7H. The molecule has 0 aromatic rings. The van der Waals surface area contributed by atoms with Crippen LogP contribution in [0, 0.1) is 27.2 Å². The molecule has 0 aliphatic heterocycles. The van der Waals surface area contributed by atoms with Gasteiger partial charge in [-0.3, -0.25) is 4.79 Å². The summed E-state index contributed by atoms with van der Waals surface area (Å²) in [5, 5.41) is 10.9. The number of phenolic OH excluding ortho intramolecular Hbond substituents is 1. The number of aromatic hydroxyl groups is 1. The van der Waals surface area contributed by atoms with Gasteiger partial charge in [0.1, 0.15) is 5.75 Å². The van der Waals surface area contributed by atoms with Crippen LogP contribution < -0.4 is 5.73 Å². The number of hydrogen-bond donors (Lipinski definition) is 2. The molecular formula is C17H27NO2. The van der Waals surface area contributed by atoms with Crippen molar-refractivity contribution < 1.29 is 9.90 Å². The average molecular weight is 277 g/mol. The Morgan fingerprint density at radius 1 is 1.20 bits per heavy atom. The maximum atomic E-state index is 11.2. The van der Waals surface area contributed by atoms with E-state index >= 15 is 0 Å². The van der Waals surface area contributed by atoms with Crippen LogP contribution >= 0.6 is 0 Å². The van der Waals surface area contributed by atoms with Gasteiger partial charge in [0.2, 0.25) is 5.91 Å². The lowest BCUT2D eigenvalue weighted by Gasteiger charge is -2.33. The van der Waals surface area contributed by atoms with E-state index in [1.807, 2.05) is 12.1 Å². The van der Waals surface area contributed by atoms with Gasteiger partial charge in [0, 0.05) is 11.1 Å². The van der Waals surface area contributed by atoms with E-state index < -0.39 is 0 Å². The van der Waals surface area contributed by atoms with Crippen molar-refractivity contribution in [1.29, 1.82) is 0 Å². The summed E-state index contributed by atoms with van der Waals surface area (Å²) in [7, 11) is 0. The predicted molar refractivity (Wildman–Crippen MR) is 82.0 cm³/mol. The molecule has 2 aliphatic rings. The fourth-order valence-corrected chi connectivity index (χ4v) is 2.22. The molecule has 0 saturated carbocycles. The highest BCUT2D eigenvalue weighted by Crippen LogP contribution is 2.35. The maximum absolute atomic E-state index is 11.2. The van der Waals surface area contributed by atoms with Crippen molar-refractivity contribution in [3.63, 3.8) is 0 Å². The van der Waals surface area contributed by atoms with Crippen molar-refractivity contribution in [2.24, 2.45) is 22.5 Å². The summed E-state index contributed by atoms with van der Waals surface area (Å²) in [6.07, 6.45) is 0.853. The summed E-state index contributed by atoms with van der Waals surface area (Å²) in [4.78, 5) is 11.2. The van der Waals surface area contributed by atoms with E-state index in [0.717, 1.165) is 11.6 Å². The number of phenols is 1. The van der Waals surface area contributed by atoms with E-state index in [-0.39, 0.29) is 22.7 Å². The highest BCUT2D eigenvalue weighted by Gasteiger charge is 2.32. The molecule has 0 saturated heterocycles. The van der Waals surface area contributed by atoms with Gasteiger partial charge in [-0.15, -0.1) is 0 Å². The molecule has 3 heteroatoms. The molecule has 2 rings (SSSR count). The Bertz CT molecular complexity index is 576. The minimum Gasteiger partial charge on any atom is -0.507 e. The molecular weight excluding hydrogens is 250 g/mol. The molecule has 0 radical (unpaired) electrons. The topological polar surface area (TPSA) is 63.3 Å². The molecule has 1 amide bonds. The third-order valence-electron chi connectivity index (χ3n) is 3.51. The molecule has 3 N–H and O–H groups in total. The summed E-state index contributed by atoms with van der Waals surface area (Å²) in [5.74, 6) is 0.229. The predicted octanol–water partition coefficient (Wildman–Crippen LogP) is 3.56. The molecule has 0 spiro atoms. The van der Waals surface area contributed by atoms with E-state index in [2.05, 4.69) is 41.5 Å². The van der Waals surface area contributed by atoms with Crippen molar-refractivity contribution in [2.45, 2.75) is 48.0 Å². The fourth-order valence-electron chi connectivity index (χ4n) is 2.22. The largest absolute Gasteiger partial charge is 0.507 e. The van der Waals surface area contributed by atoms with Gasteiger partial charge in [-0.1, -0.05) is 53.7 Å². The first-order valence-corrected chi connectivity index (χ1v) is 7.04. The van der Waals surface area contributed by atoms with Crippen molar-refractivity contribution in [1.82, 2.24) is 0 Å². The molecule has 0 heterocycles. The van der Waals surface area contributed by atoms with Crippen LogP contribution in [0.2, 0.25) is 0 Å². The summed E-state index contributed by atoms with van der Waals surface area (Å²) < 4.78 is 0. The highest BCUT2D eigenvalue weighted by atomic mass is 16.3. The van der Waals surface area contributed by atoms with Gasteiger partial charge in [-0.25, -0.2) is 0 Å². The van der Waals surface area contributed by atoms with Crippen molar-refractivity contribution >= 4 is 5.91 Å². The summed E-state index contributed by atoms with van der Waals surface area (Å²) in [6, 6.07) is 5.65. The lowest BCUT2D eigenvalue weighted by molar-refractivity contribution is -0.126. The number of nitrogens with two attached hydrogens (primary N) is 1. The van der Waals surface area contributed by atoms with Crippen molar-refractivity contribution in [3.05, 3.63) is 28.6 Å². The second-order valence-electron chi connectivity index (χ2n) is 7.82. The zero-order valence-electron chi connectivity index (χ0n) is 13.4. The van der Waals surface area contributed by atoms with Gasteiger partial charge in [0.15, 0.2) is 0 Å². The first kappa shape index (κ1) is 16.5. The number of primary amides is 1. The van der Waals surface area contributed by atoms with Gasteiger partial charge < -0.3 is 10.8 Å². The molecule has 3 nitrogen and oxygen atoms in total. The number of benzene rings is 1. The normalized spacial score (nSPS) is 14.1. The van der Waals surface area contributed by atoms with E-state index in [4.69, 9.17) is 10.8 Å². The number of carbonyl (C=O) groups is 1. The van der Waals surface area contributed by atoms with Gasteiger partial charge >= 0.3 is 0 Å². The van der Waals surface area contributed by atoms with Crippen LogP contribution in [-0.4, -0.2) is 11.0 Å². The lowest BCUT2D eigenvalue weighted by Crippen LogP contribution is -2.36. The summed E-state index contributed by atoms with van der Waals surface area (Å²) in [5.41, 5.74) is 5.52. The number of carbonyl (C=O) groups excluding carboxylic acids is 1. The van der Waals surface area contributed by atoms with E-state index in [0.29, 0.717) is 5.75 Å². The van der Waals surface area contributed by atoms with Crippen LogP contribution in [0.3, 0.4) is 0 Å². The van der Waals surface area contributed by atoms with Gasteiger partial charge in [-0.05, 0) is 28.5 Å². The van der Waals surface area contributed by atoms with Crippen LogP contribution in [0.4, 0.5) is 0 Å². The van der Waals surface area contributed by atoms with Gasteiger partial charge in [0.25, 0.3) is 0 Å². The molecule has 1 atom stereocenters. The Balaban J connectivity index is 0.000000233. The van der Waals surface area contributed by atoms with E-state index in [9.17, 15) is 4.79 Å². The van der Waals surface area contributed by atoms with Crippen LogP contribution in [0.1, 0.15) is 48.0 Å². The molecule has 0 aromatic heterocycles. The Hall–Kier alpha value is -1.51. The Morgan fingerprint density at radius 3 is 1.80 bits per heavy atom. The molecule has 0 fully saturated rings. The first-order valence-electron chi connectivity index (χ1n) is 7.04. The van der Waals surface area contributed by atoms with Crippen LogP contribution in [0.25, 0.3) is 0 Å². The van der Waals surface area contributed by atoms with Crippen molar-refractivity contribution in [3.8, 4) is 5.75 Å². The molecule has 1 unspecified atom stereocenters. The smallest absolute Gasteiger partial charge is 0.221 e. The number of amides is 1. The number of hydrogen-bond acceptors (Lipinski definition) is 2. The quantitative estimate of drug-likeness (QED) is 0.881. The monoisotopic (exact) mass is 277 g/mol. The lowest BCUT2D eigenvalue weighted by atomic mass is 9.72. The second kappa shape index (κ2) is 5.47. The zero-order chi connectivity index (χ0) is 15.7. The van der Waals surface area contributed by atoms with Crippen LogP contribution in [-0.2, 0) is 4.79 Å². The van der Waals surface area contributed by atoms with Crippen molar-refractivity contribution in [2.75, 3.05) is 0 Å². The molecule has 2 aliphatic carbocycles. The molecule has 20 heavy (non-hydrogen) atoms. The highest BCUT2D eigenvalue weighted by molar-refractivity contribution is 5.77. The average Bonchev–Trinajstić information content (AvgIpc) is 2.20. The number of rotatable bonds is 2. The summed E-state index contributed by atoms with van der Waals surface area (Å²) >= 11 is 0. The third-order valence-corrected chi connectivity index (χ3v) is 3.51. The second-order valence-corrected chi connectivity index (χ2v) is 7.82. The molecule has 0 aromatic carbocycles. The fraction of sp³-hybridized carbons (Fsp3) is 0.588. The Kier molecular flexibility index (Phi) is 4.52. The minimum absolute atomic E-state index is 0.0287. The van der Waals surface area contributed by atoms with E-state index in [1.165, 1.54) is 5.22 Å². The van der Waals surface area contributed by atoms with Crippen LogP contribution in [0.5, 0.6) is 5.75 Å². The minimum atomic E-state index is -0.178. The van der Waals surface area contributed by atoms with E-state index in [1.54, 1.807) is 6.07 Å². The summed E-state index contributed by atoms with van der Waals surface area (Å²) in [6.45, 7) is 12.6. The third kappa shape index (κ3) is 4.26. The SMILES string of the molecule is CC(C)(C)CC(C(N)=O)C(C)(C)C.Oc1cc2ccc1=2. The van der Waals surface area contributed by atoms with Gasteiger partial charge in [-0.2, -0.15) is 0 Å². The Morgan fingerprint density at radius 2 is 1.75 bits per heavy atom.